The monoisotopic (exact) mass is 596 g/mol. The van der Waals surface area contributed by atoms with Crippen LogP contribution in [0.1, 0.15) is 23.0 Å². The van der Waals surface area contributed by atoms with Gasteiger partial charge in [0.05, 0.1) is 0 Å². The Balaban J connectivity index is 1.29. The Bertz CT molecular complexity index is 3780. The van der Waals surface area contributed by atoms with Crippen LogP contribution in [0, 0.1) is 11.8 Å². The number of carbonyl (C=O) groups is 1. The zero-order valence-corrected chi connectivity index (χ0v) is 25.1. The largest absolute Gasteiger partial charge is 0.290 e. The van der Waals surface area contributed by atoms with Crippen molar-refractivity contribution < 1.29 is 4.79 Å². The molecule has 15 aromatic rings. The number of ketones is 1. The number of allylic oxidation sites excluding steroid dienone is 4. The maximum absolute atomic E-state index is 12.3. The molecule has 1 saturated carbocycles. The Kier molecular flexibility index (Phi) is 2.29. The summed E-state index contributed by atoms with van der Waals surface area (Å²) in [7, 11) is 0. The fourth-order valence-corrected chi connectivity index (χ4v) is 14.1. The molecule has 0 bridgehead atoms. The molecule has 0 aliphatic heterocycles. The van der Waals surface area contributed by atoms with Gasteiger partial charge >= 0.3 is 0 Å². The number of benzene rings is 9. The van der Waals surface area contributed by atoms with E-state index in [-0.39, 0.29) is 11.7 Å². The molecule has 3 aliphatic rings. The zero-order valence-electron chi connectivity index (χ0n) is 25.1. The topological polar surface area (TPSA) is 17.1 Å². The van der Waals surface area contributed by atoms with Gasteiger partial charge in [-0.1, -0.05) is 60.7 Å². The van der Waals surface area contributed by atoms with Gasteiger partial charge in [-0.3, -0.25) is 4.79 Å². The molecule has 0 amide bonds. The molecule has 1 heteroatoms. The standard InChI is InChI=1S/C47H16O/c48-14-3-1-13(2-4-14)23-34-32-21-11-9-19-17-7-5-15-16-6-8-18-20-10-12-22-31-29(20)38-27(18)25(16)36-24(15)26(17)37-28(19)30(21)39-41(32)42(33(22)35(23)34)40(31)47-45(38)43(36)44(37)46(39)47/h1-13,23,34-35H. The van der Waals surface area contributed by atoms with Gasteiger partial charge in [-0.05, 0) is 198 Å². The van der Waals surface area contributed by atoms with E-state index in [0.717, 1.165) is 0 Å². The number of hydrogen-bond acceptors (Lipinski definition) is 1. The summed E-state index contributed by atoms with van der Waals surface area (Å²) in [5.41, 5.74) is 3.25. The van der Waals surface area contributed by atoms with E-state index in [0.29, 0.717) is 17.8 Å². The molecule has 15 aromatic carbocycles. The van der Waals surface area contributed by atoms with E-state index in [4.69, 9.17) is 0 Å². The molecule has 0 heterocycles. The van der Waals surface area contributed by atoms with Crippen molar-refractivity contribution in [2.24, 2.45) is 11.8 Å². The van der Waals surface area contributed by atoms with Crippen LogP contribution in [0.4, 0.5) is 0 Å². The van der Waals surface area contributed by atoms with Crippen LogP contribution in [0.5, 0.6) is 0 Å². The second kappa shape index (κ2) is 5.39. The smallest absolute Gasteiger partial charge is 0.178 e. The van der Waals surface area contributed by atoms with Gasteiger partial charge in [-0.15, -0.1) is 0 Å². The molecule has 1 nitrogen and oxygen atoms in total. The third-order valence-corrected chi connectivity index (χ3v) is 15.2. The Morgan fingerprint density at radius 1 is 0.312 bits per heavy atom. The van der Waals surface area contributed by atoms with Gasteiger partial charge in [-0.2, -0.15) is 0 Å². The third kappa shape index (κ3) is 1.45. The molecule has 1 fully saturated rings. The van der Waals surface area contributed by atoms with Gasteiger partial charge in [0.25, 0.3) is 0 Å². The first-order valence-corrected chi connectivity index (χ1v) is 17.7. The first-order valence-electron chi connectivity index (χ1n) is 17.7. The van der Waals surface area contributed by atoms with E-state index >= 15 is 0 Å². The molecule has 2 atom stereocenters. The fraction of sp³-hybridized carbons (Fsp3) is 0.0851. The van der Waals surface area contributed by atoms with Crippen LogP contribution in [0.15, 0.2) is 72.8 Å². The van der Waals surface area contributed by atoms with Crippen molar-refractivity contribution in [1.29, 1.82) is 0 Å². The minimum absolute atomic E-state index is 0.123. The number of rotatable bonds is 1. The highest BCUT2D eigenvalue weighted by atomic mass is 16.1. The lowest BCUT2D eigenvalue weighted by molar-refractivity contribution is -0.110. The molecular formula is C47H16O. The predicted molar refractivity (Wildman–Crippen MR) is 202 cm³/mol. The second-order valence-electron chi connectivity index (χ2n) is 16.3. The summed E-state index contributed by atoms with van der Waals surface area (Å²) in [5.74, 6) is 1.84. The van der Waals surface area contributed by atoms with E-state index in [2.05, 4.69) is 60.7 Å². The molecule has 2 unspecified atom stereocenters. The SMILES string of the molecule is O=C1C=CC(C2C3c4c5ccc6c7ccc8c9ccc%10c%11ccc%12c(c%13c4c4c5c6c5c7c8c6c9c%10c7c%11c%12c%13c8c4c5c6c78)C32)C=C1. The van der Waals surface area contributed by atoms with E-state index in [1.54, 1.807) is 86.5 Å². The van der Waals surface area contributed by atoms with E-state index in [1.165, 1.54) is 75.4 Å². The normalized spacial score (nSPS) is 22.6. The lowest BCUT2D eigenvalue weighted by Crippen LogP contribution is -2.04. The summed E-state index contributed by atoms with van der Waals surface area (Å²) in [6.07, 6.45) is 8.08. The number of fused-ring (bicyclic) bond motifs is 8. The van der Waals surface area contributed by atoms with Crippen LogP contribution < -0.4 is 0 Å². The molecule has 0 spiro atoms. The van der Waals surface area contributed by atoms with Crippen LogP contribution >= 0.6 is 0 Å². The molecular weight excluding hydrogens is 581 g/mol. The summed E-state index contributed by atoms with van der Waals surface area (Å²) in [5, 5.41) is 42.7. The van der Waals surface area contributed by atoms with Gasteiger partial charge < -0.3 is 0 Å². The van der Waals surface area contributed by atoms with Crippen molar-refractivity contribution in [2.45, 2.75) is 11.8 Å². The van der Waals surface area contributed by atoms with E-state index < -0.39 is 0 Å². The minimum Gasteiger partial charge on any atom is -0.290 e. The maximum Gasteiger partial charge on any atom is 0.178 e. The summed E-state index contributed by atoms with van der Waals surface area (Å²) in [6, 6.07) is 19.9. The number of carbonyl (C=O) groups excluding carboxylic acids is 1. The summed E-state index contributed by atoms with van der Waals surface area (Å²) < 4.78 is 0. The average Bonchev–Trinajstić information content (AvgIpc) is 3.62. The predicted octanol–water partition coefficient (Wildman–Crippen LogP) is 12.2. The highest BCUT2D eigenvalue weighted by Crippen LogP contribution is 2.76. The van der Waals surface area contributed by atoms with Crippen molar-refractivity contribution in [3.63, 3.8) is 0 Å². The van der Waals surface area contributed by atoms with Crippen LogP contribution in [0.3, 0.4) is 0 Å². The van der Waals surface area contributed by atoms with Gasteiger partial charge in [0.1, 0.15) is 0 Å². The molecule has 48 heavy (non-hydrogen) atoms. The van der Waals surface area contributed by atoms with Crippen molar-refractivity contribution in [3.05, 3.63) is 84.0 Å². The summed E-state index contributed by atoms with van der Waals surface area (Å²) in [6.45, 7) is 0. The van der Waals surface area contributed by atoms with Crippen molar-refractivity contribution >= 4 is 157 Å². The van der Waals surface area contributed by atoms with Crippen molar-refractivity contribution in [1.82, 2.24) is 0 Å². The highest BCUT2D eigenvalue weighted by molar-refractivity contribution is 6.69. The van der Waals surface area contributed by atoms with Crippen molar-refractivity contribution in [3.8, 4) is 0 Å². The Hall–Kier alpha value is -5.79. The summed E-state index contributed by atoms with van der Waals surface area (Å²) in [4.78, 5) is 12.3. The Morgan fingerprint density at radius 2 is 0.583 bits per heavy atom. The van der Waals surface area contributed by atoms with Gasteiger partial charge in [0.2, 0.25) is 0 Å². The Morgan fingerprint density at radius 3 is 0.938 bits per heavy atom. The van der Waals surface area contributed by atoms with Crippen LogP contribution in [-0.2, 0) is 4.79 Å². The lowest BCUT2D eigenvalue weighted by atomic mass is 9.88. The molecule has 0 saturated heterocycles. The van der Waals surface area contributed by atoms with Crippen LogP contribution in [-0.4, -0.2) is 5.78 Å². The second-order valence-corrected chi connectivity index (χ2v) is 16.3. The lowest BCUT2D eigenvalue weighted by Gasteiger charge is -2.14. The molecule has 0 N–H and O–H groups in total. The molecule has 0 aromatic heterocycles. The average molecular weight is 597 g/mol. The third-order valence-electron chi connectivity index (χ3n) is 15.2. The van der Waals surface area contributed by atoms with Gasteiger partial charge in [-0.25, -0.2) is 0 Å². The maximum atomic E-state index is 12.3. The molecule has 3 aliphatic carbocycles. The van der Waals surface area contributed by atoms with Crippen LogP contribution in [0.2, 0.25) is 0 Å². The first-order chi connectivity index (χ1) is 23.8. The van der Waals surface area contributed by atoms with Crippen LogP contribution in [0.25, 0.3) is 151 Å². The summed E-state index contributed by atoms with van der Waals surface area (Å²) >= 11 is 0. The van der Waals surface area contributed by atoms with Crippen molar-refractivity contribution in [2.75, 3.05) is 0 Å². The van der Waals surface area contributed by atoms with Gasteiger partial charge in [0.15, 0.2) is 5.78 Å². The van der Waals surface area contributed by atoms with E-state index in [1.807, 2.05) is 12.2 Å². The Labute approximate surface area is 268 Å². The minimum atomic E-state index is 0.123. The number of hydrogen-bond donors (Lipinski definition) is 0. The molecule has 0 radical (unpaired) electrons. The quantitative estimate of drug-likeness (QED) is 0.172. The van der Waals surface area contributed by atoms with E-state index in [9.17, 15) is 4.79 Å². The zero-order chi connectivity index (χ0) is 29.7. The fourth-order valence-electron chi connectivity index (χ4n) is 14.1. The molecule has 210 valence electrons. The first kappa shape index (κ1) is 20.4. The van der Waals surface area contributed by atoms with Gasteiger partial charge in [0, 0.05) is 0 Å². The molecule has 18 rings (SSSR count). The highest BCUT2D eigenvalue weighted by Gasteiger charge is 2.59.